The molecule has 1 fully saturated rings. The molecule has 0 bridgehead atoms. The van der Waals surface area contributed by atoms with Crippen LogP contribution < -0.4 is 0 Å². The number of nitrogens with zero attached hydrogens (tertiary/aromatic N) is 1. The first-order chi connectivity index (χ1) is 4.83. The third kappa shape index (κ3) is 2.27. The lowest BCUT2D eigenvalue weighted by Crippen LogP contribution is -2.22. The van der Waals surface area contributed by atoms with Gasteiger partial charge >= 0.3 is 0 Å². The predicted molar refractivity (Wildman–Crippen MR) is 42.0 cm³/mol. The van der Waals surface area contributed by atoms with Crippen LogP contribution in [0, 0.1) is 0 Å². The van der Waals surface area contributed by atoms with Crippen molar-refractivity contribution >= 4 is 0 Å². The number of hydrogen-bond donors (Lipinski definition) is 1. The summed E-state index contributed by atoms with van der Waals surface area (Å²) in [6, 6.07) is 0. The van der Waals surface area contributed by atoms with Crippen LogP contribution in [-0.4, -0.2) is 35.7 Å². The van der Waals surface area contributed by atoms with Crippen molar-refractivity contribution in [2.24, 2.45) is 0 Å². The number of unbranched alkanes of at least 4 members (excludes halogenated alkanes) is 1. The van der Waals surface area contributed by atoms with Crippen LogP contribution in [0.1, 0.15) is 26.2 Å². The summed E-state index contributed by atoms with van der Waals surface area (Å²) in [4.78, 5) is 2.34. The Bertz CT molecular complexity index is 95.3. The van der Waals surface area contributed by atoms with Crippen LogP contribution in [0.15, 0.2) is 0 Å². The molecule has 1 rings (SSSR count). The first-order valence-electron chi connectivity index (χ1n) is 4.23. The average molecular weight is 143 g/mol. The number of rotatable bonds is 3. The molecule has 1 aliphatic rings. The summed E-state index contributed by atoms with van der Waals surface area (Å²) in [6.07, 6.45) is 3.46. The number of likely N-dealkylation sites (tertiary alicyclic amines) is 1. The molecule has 2 nitrogen and oxygen atoms in total. The highest BCUT2D eigenvalue weighted by atomic mass is 16.3. The summed E-state index contributed by atoms with van der Waals surface area (Å²) in [5.74, 6) is 0. The molecule has 0 amide bonds. The second-order valence-corrected chi connectivity index (χ2v) is 3.10. The molecule has 0 saturated carbocycles. The van der Waals surface area contributed by atoms with Gasteiger partial charge in [0, 0.05) is 13.1 Å². The fourth-order valence-corrected chi connectivity index (χ4v) is 1.40. The largest absolute Gasteiger partial charge is 0.392 e. The molecule has 1 saturated heterocycles. The molecular formula is C8H17NO. The van der Waals surface area contributed by atoms with Crippen LogP contribution in [-0.2, 0) is 0 Å². The Morgan fingerprint density at radius 2 is 2.40 bits per heavy atom. The Balaban J connectivity index is 2.06. The summed E-state index contributed by atoms with van der Waals surface area (Å²) in [5, 5.41) is 9.16. The Labute approximate surface area is 62.8 Å². The van der Waals surface area contributed by atoms with Crippen molar-refractivity contribution in [3.8, 4) is 0 Å². The molecule has 0 aliphatic carbocycles. The monoisotopic (exact) mass is 143 g/mol. The van der Waals surface area contributed by atoms with Crippen LogP contribution in [0.5, 0.6) is 0 Å². The molecule has 1 N–H and O–H groups in total. The SMILES string of the molecule is CCCCN1CC[C@@H](O)C1. The van der Waals surface area contributed by atoms with Gasteiger partial charge in [-0.2, -0.15) is 0 Å². The first kappa shape index (κ1) is 8.02. The van der Waals surface area contributed by atoms with Crippen molar-refractivity contribution in [2.45, 2.75) is 32.3 Å². The van der Waals surface area contributed by atoms with Crippen LogP contribution in [0.3, 0.4) is 0 Å². The first-order valence-corrected chi connectivity index (χ1v) is 4.23. The van der Waals surface area contributed by atoms with Crippen LogP contribution in [0.2, 0.25) is 0 Å². The van der Waals surface area contributed by atoms with Crippen molar-refractivity contribution in [3.05, 3.63) is 0 Å². The zero-order chi connectivity index (χ0) is 7.40. The summed E-state index contributed by atoms with van der Waals surface area (Å²) in [7, 11) is 0. The quantitative estimate of drug-likeness (QED) is 0.633. The van der Waals surface area contributed by atoms with E-state index < -0.39 is 0 Å². The van der Waals surface area contributed by atoms with E-state index in [0.29, 0.717) is 0 Å². The van der Waals surface area contributed by atoms with Crippen molar-refractivity contribution < 1.29 is 5.11 Å². The summed E-state index contributed by atoms with van der Waals surface area (Å²) in [6.45, 7) is 5.38. The van der Waals surface area contributed by atoms with Gasteiger partial charge in [-0.05, 0) is 19.4 Å². The maximum Gasteiger partial charge on any atom is 0.0679 e. The summed E-state index contributed by atoms with van der Waals surface area (Å²) < 4.78 is 0. The normalized spacial score (nSPS) is 27.6. The van der Waals surface area contributed by atoms with Crippen LogP contribution >= 0.6 is 0 Å². The van der Waals surface area contributed by atoms with Gasteiger partial charge in [-0.25, -0.2) is 0 Å². The van der Waals surface area contributed by atoms with E-state index in [1.807, 2.05) is 0 Å². The van der Waals surface area contributed by atoms with E-state index in [4.69, 9.17) is 5.11 Å². The molecule has 1 aliphatic heterocycles. The highest BCUT2D eigenvalue weighted by Crippen LogP contribution is 2.08. The van der Waals surface area contributed by atoms with E-state index >= 15 is 0 Å². The lowest BCUT2D eigenvalue weighted by Gasteiger charge is -2.12. The molecule has 10 heavy (non-hydrogen) atoms. The van der Waals surface area contributed by atoms with Crippen molar-refractivity contribution in [2.75, 3.05) is 19.6 Å². The van der Waals surface area contributed by atoms with Gasteiger partial charge in [0.05, 0.1) is 6.10 Å². The number of aliphatic hydroxyl groups excluding tert-OH is 1. The fraction of sp³-hybridized carbons (Fsp3) is 1.00. The van der Waals surface area contributed by atoms with Crippen molar-refractivity contribution in [3.63, 3.8) is 0 Å². The van der Waals surface area contributed by atoms with Crippen LogP contribution in [0.4, 0.5) is 0 Å². The van der Waals surface area contributed by atoms with Gasteiger partial charge in [0.15, 0.2) is 0 Å². The zero-order valence-electron chi connectivity index (χ0n) is 6.71. The number of β-amino-alcohol motifs (C(OH)–C–C–N with tert-alkyl or cyclic N) is 1. The van der Waals surface area contributed by atoms with Gasteiger partial charge in [-0.3, -0.25) is 0 Å². The zero-order valence-corrected chi connectivity index (χ0v) is 6.71. The Kier molecular flexibility index (Phi) is 3.16. The van der Waals surface area contributed by atoms with Gasteiger partial charge in [-0.15, -0.1) is 0 Å². The van der Waals surface area contributed by atoms with Crippen molar-refractivity contribution in [1.29, 1.82) is 0 Å². The maximum absolute atomic E-state index is 9.16. The summed E-state index contributed by atoms with van der Waals surface area (Å²) in [5.41, 5.74) is 0. The molecule has 1 heterocycles. The molecule has 0 spiro atoms. The van der Waals surface area contributed by atoms with E-state index in [1.54, 1.807) is 0 Å². The molecule has 0 aromatic carbocycles. The van der Waals surface area contributed by atoms with E-state index in [9.17, 15) is 0 Å². The van der Waals surface area contributed by atoms with Gasteiger partial charge < -0.3 is 10.0 Å². The molecule has 0 unspecified atom stereocenters. The summed E-state index contributed by atoms with van der Waals surface area (Å²) >= 11 is 0. The van der Waals surface area contributed by atoms with Gasteiger partial charge in [0.2, 0.25) is 0 Å². The molecule has 2 heteroatoms. The van der Waals surface area contributed by atoms with Gasteiger partial charge in [0.1, 0.15) is 0 Å². The van der Waals surface area contributed by atoms with E-state index in [2.05, 4.69) is 11.8 Å². The minimum absolute atomic E-state index is 0.0446. The molecule has 0 aromatic rings. The Morgan fingerprint density at radius 1 is 1.60 bits per heavy atom. The molecule has 1 atom stereocenters. The third-order valence-corrected chi connectivity index (χ3v) is 2.08. The molecular weight excluding hydrogens is 126 g/mol. The lowest BCUT2D eigenvalue weighted by molar-refractivity contribution is 0.176. The lowest BCUT2D eigenvalue weighted by atomic mass is 10.3. The fourth-order valence-electron chi connectivity index (χ4n) is 1.40. The number of aliphatic hydroxyl groups is 1. The Morgan fingerprint density at radius 3 is 2.90 bits per heavy atom. The predicted octanol–water partition coefficient (Wildman–Crippen LogP) is 0.853. The van der Waals surface area contributed by atoms with Gasteiger partial charge in [0.25, 0.3) is 0 Å². The van der Waals surface area contributed by atoms with E-state index in [1.165, 1.54) is 19.4 Å². The molecule has 0 radical (unpaired) electrons. The smallest absolute Gasteiger partial charge is 0.0679 e. The van der Waals surface area contributed by atoms with Crippen molar-refractivity contribution in [1.82, 2.24) is 4.90 Å². The van der Waals surface area contributed by atoms with E-state index in [-0.39, 0.29) is 6.10 Å². The second kappa shape index (κ2) is 3.94. The Hall–Kier alpha value is -0.0800. The van der Waals surface area contributed by atoms with Crippen LogP contribution in [0.25, 0.3) is 0 Å². The third-order valence-electron chi connectivity index (χ3n) is 2.08. The number of hydrogen-bond acceptors (Lipinski definition) is 2. The molecule has 0 aromatic heterocycles. The topological polar surface area (TPSA) is 23.5 Å². The molecule has 60 valence electrons. The minimum atomic E-state index is -0.0446. The highest BCUT2D eigenvalue weighted by Gasteiger charge is 2.18. The highest BCUT2D eigenvalue weighted by molar-refractivity contribution is 4.73. The standard InChI is InChI=1S/C8H17NO/c1-2-3-5-9-6-4-8(10)7-9/h8,10H,2-7H2,1H3/t8-/m1/s1. The average Bonchev–Trinajstić information content (AvgIpc) is 2.31. The van der Waals surface area contributed by atoms with Gasteiger partial charge in [-0.1, -0.05) is 13.3 Å². The minimum Gasteiger partial charge on any atom is -0.392 e. The maximum atomic E-state index is 9.16. The second-order valence-electron chi connectivity index (χ2n) is 3.10. The van der Waals surface area contributed by atoms with E-state index in [0.717, 1.165) is 19.5 Å².